The maximum absolute atomic E-state index is 6.21. The van der Waals surface area contributed by atoms with E-state index in [9.17, 15) is 0 Å². The fraction of sp³-hybridized carbons (Fsp3) is 0.250. The van der Waals surface area contributed by atoms with Crippen LogP contribution in [0.25, 0.3) is 0 Å². The summed E-state index contributed by atoms with van der Waals surface area (Å²) in [7, 11) is 0. The van der Waals surface area contributed by atoms with Crippen molar-refractivity contribution in [2.75, 3.05) is 0 Å². The van der Waals surface area contributed by atoms with Crippen LogP contribution in [0.3, 0.4) is 0 Å². The van der Waals surface area contributed by atoms with Crippen molar-refractivity contribution in [2.24, 2.45) is 5.84 Å². The Morgan fingerprint density at radius 3 is 2.40 bits per heavy atom. The van der Waals surface area contributed by atoms with Crippen LogP contribution in [-0.4, -0.2) is 6.04 Å². The van der Waals surface area contributed by atoms with Crippen molar-refractivity contribution in [3.05, 3.63) is 69.2 Å². The minimum absolute atomic E-state index is 0.134. The van der Waals surface area contributed by atoms with Crippen LogP contribution in [-0.2, 0) is 12.8 Å². The molecule has 0 aliphatic carbocycles. The quantitative estimate of drug-likeness (QED) is 0.649. The third kappa shape index (κ3) is 3.97. The first-order valence-corrected chi connectivity index (χ1v) is 7.30. The van der Waals surface area contributed by atoms with Crippen LogP contribution in [0.5, 0.6) is 0 Å². The molecule has 2 nitrogen and oxygen atoms in total. The van der Waals surface area contributed by atoms with Gasteiger partial charge in [-0.05, 0) is 48.6 Å². The molecular formula is C16H18Cl2N2. The predicted molar refractivity (Wildman–Crippen MR) is 86.2 cm³/mol. The highest BCUT2D eigenvalue weighted by molar-refractivity contribution is 6.35. The lowest BCUT2D eigenvalue weighted by Gasteiger charge is -2.18. The molecule has 0 saturated heterocycles. The van der Waals surface area contributed by atoms with Crippen LogP contribution in [0, 0.1) is 6.92 Å². The van der Waals surface area contributed by atoms with Gasteiger partial charge in [0.05, 0.1) is 0 Å². The lowest BCUT2D eigenvalue weighted by atomic mass is 9.97. The molecule has 1 atom stereocenters. The zero-order valence-corrected chi connectivity index (χ0v) is 12.9. The number of hydrogen-bond donors (Lipinski definition) is 2. The van der Waals surface area contributed by atoms with Crippen molar-refractivity contribution in [1.82, 2.24) is 5.43 Å². The first-order valence-electron chi connectivity index (χ1n) is 6.54. The molecule has 0 spiro atoms. The topological polar surface area (TPSA) is 38.0 Å². The van der Waals surface area contributed by atoms with E-state index in [4.69, 9.17) is 29.0 Å². The van der Waals surface area contributed by atoms with Crippen molar-refractivity contribution >= 4 is 23.2 Å². The van der Waals surface area contributed by atoms with E-state index < -0.39 is 0 Å². The van der Waals surface area contributed by atoms with Gasteiger partial charge in [-0.1, -0.05) is 53.5 Å². The number of nitrogens with two attached hydrogens (primary N) is 1. The Kier molecular flexibility index (Phi) is 5.44. The first-order chi connectivity index (χ1) is 9.60. The van der Waals surface area contributed by atoms with Gasteiger partial charge in [-0.3, -0.25) is 11.3 Å². The van der Waals surface area contributed by atoms with E-state index in [1.54, 1.807) is 6.07 Å². The molecule has 0 heterocycles. The molecule has 0 radical (unpaired) electrons. The average Bonchev–Trinajstić information content (AvgIpc) is 2.43. The molecule has 2 aromatic carbocycles. The molecule has 0 aliphatic rings. The van der Waals surface area contributed by atoms with E-state index in [1.165, 1.54) is 11.1 Å². The van der Waals surface area contributed by atoms with Crippen molar-refractivity contribution in [2.45, 2.75) is 25.8 Å². The second kappa shape index (κ2) is 7.09. The van der Waals surface area contributed by atoms with E-state index in [0.717, 1.165) is 18.4 Å². The van der Waals surface area contributed by atoms with E-state index in [0.29, 0.717) is 10.0 Å². The Balaban J connectivity index is 2.11. The van der Waals surface area contributed by atoms with Gasteiger partial charge in [-0.25, -0.2) is 0 Å². The summed E-state index contributed by atoms with van der Waals surface area (Å²) in [4.78, 5) is 0. The summed E-state index contributed by atoms with van der Waals surface area (Å²) in [6.45, 7) is 2.11. The molecule has 0 fully saturated rings. The number of benzene rings is 2. The van der Waals surface area contributed by atoms with E-state index >= 15 is 0 Å². The fourth-order valence-electron chi connectivity index (χ4n) is 2.25. The van der Waals surface area contributed by atoms with Crippen LogP contribution < -0.4 is 11.3 Å². The molecule has 1 unspecified atom stereocenters. The van der Waals surface area contributed by atoms with Gasteiger partial charge in [0, 0.05) is 16.1 Å². The summed E-state index contributed by atoms with van der Waals surface area (Å²) in [5.41, 5.74) is 6.49. The lowest BCUT2D eigenvalue weighted by Crippen LogP contribution is -2.38. The smallest absolute Gasteiger partial charge is 0.0453 e. The van der Waals surface area contributed by atoms with Crippen molar-refractivity contribution in [3.8, 4) is 0 Å². The van der Waals surface area contributed by atoms with Gasteiger partial charge < -0.3 is 0 Å². The van der Waals surface area contributed by atoms with Crippen molar-refractivity contribution in [1.29, 1.82) is 0 Å². The van der Waals surface area contributed by atoms with E-state index in [2.05, 4.69) is 24.5 Å². The minimum Gasteiger partial charge on any atom is -0.271 e. The summed E-state index contributed by atoms with van der Waals surface area (Å²) in [5.74, 6) is 5.68. The van der Waals surface area contributed by atoms with Crippen LogP contribution in [0.4, 0.5) is 0 Å². The van der Waals surface area contributed by atoms with Crippen LogP contribution in [0.2, 0.25) is 10.0 Å². The van der Waals surface area contributed by atoms with Gasteiger partial charge in [-0.2, -0.15) is 0 Å². The van der Waals surface area contributed by atoms with Gasteiger partial charge in [0.2, 0.25) is 0 Å². The minimum atomic E-state index is 0.134. The highest BCUT2D eigenvalue weighted by Crippen LogP contribution is 2.23. The maximum atomic E-state index is 6.21. The average molecular weight is 309 g/mol. The third-order valence-corrected chi connectivity index (χ3v) is 4.03. The molecule has 3 N–H and O–H groups in total. The lowest BCUT2D eigenvalue weighted by molar-refractivity contribution is 0.521. The van der Waals surface area contributed by atoms with Crippen LogP contribution in [0.15, 0.2) is 42.5 Å². The van der Waals surface area contributed by atoms with Gasteiger partial charge in [0.15, 0.2) is 0 Å². The number of nitrogens with one attached hydrogen (secondary N) is 1. The Morgan fingerprint density at radius 2 is 1.75 bits per heavy atom. The zero-order chi connectivity index (χ0) is 14.5. The predicted octanol–water partition coefficient (Wildman–Crippen LogP) is 3.92. The second-order valence-corrected chi connectivity index (χ2v) is 5.78. The number of hydrazine groups is 1. The molecule has 0 aliphatic heterocycles. The molecule has 0 bridgehead atoms. The molecule has 0 amide bonds. The van der Waals surface area contributed by atoms with Gasteiger partial charge in [-0.15, -0.1) is 0 Å². The highest BCUT2D eigenvalue weighted by atomic mass is 35.5. The van der Waals surface area contributed by atoms with Crippen LogP contribution >= 0.6 is 23.2 Å². The Morgan fingerprint density at radius 1 is 1.05 bits per heavy atom. The number of aryl methyl sites for hydroxylation is 1. The van der Waals surface area contributed by atoms with Crippen molar-refractivity contribution < 1.29 is 0 Å². The molecule has 20 heavy (non-hydrogen) atoms. The fourth-order valence-corrected chi connectivity index (χ4v) is 2.73. The standard InChI is InChI=1S/C16H18Cl2N2/c1-11-4-2-3-5-12(11)8-15(20-19)9-13-6-7-14(17)10-16(13)18/h2-7,10,15,20H,8-9,19H2,1H3. The van der Waals surface area contributed by atoms with Gasteiger partial charge in [0.1, 0.15) is 0 Å². The molecule has 2 aromatic rings. The summed E-state index contributed by atoms with van der Waals surface area (Å²) in [6, 6.07) is 14.0. The first kappa shape index (κ1) is 15.3. The van der Waals surface area contributed by atoms with Crippen molar-refractivity contribution in [3.63, 3.8) is 0 Å². The Bertz CT molecular complexity index is 584. The molecular weight excluding hydrogens is 291 g/mol. The van der Waals surface area contributed by atoms with Gasteiger partial charge >= 0.3 is 0 Å². The Hall–Kier alpha value is -1.06. The molecule has 0 saturated carbocycles. The van der Waals surface area contributed by atoms with E-state index in [-0.39, 0.29) is 6.04 Å². The monoisotopic (exact) mass is 308 g/mol. The highest BCUT2D eigenvalue weighted by Gasteiger charge is 2.12. The number of halogens is 2. The maximum Gasteiger partial charge on any atom is 0.0453 e. The zero-order valence-electron chi connectivity index (χ0n) is 11.4. The SMILES string of the molecule is Cc1ccccc1CC(Cc1ccc(Cl)cc1Cl)NN. The summed E-state index contributed by atoms with van der Waals surface area (Å²) in [6.07, 6.45) is 1.63. The number of hydrogen-bond acceptors (Lipinski definition) is 2. The normalized spacial score (nSPS) is 12.4. The second-order valence-electron chi connectivity index (χ2n) is 4.93. The molecule has 106 valence electrons. The molecule has 2 rings (SSSR count). The summed E-state index contributed by atoms with van der Waals surface area (Å²) >= 11 is 12.1. The number of rotatable bonds is 5. The van der Waals surface area contributed by atoms with Gasteiger partial charge in [0.25, 0.3) is 0 Å². The van der Waals surface area contributed by atoms with Crippen LogP contribution in [0.1, 0.15) is 16.7 Å². The Labute approximate surface area is 129 Å². The summed E-state index contributed by atoms with van der Waals surface area (Å²) < 4.78 is 0. The third-order valence-electron chi connectivity index (χ3n) is 3.44. The molecule has 4 heteroatoms. The largest absolute Gasteiger partial charge is 0.271 e. The summed E-state index contributed by atoms with van der Waals surface area (Å²) in [5, 5.41) is 1.33. The molecule has 0 aromatic heterocycles. The van der Waals surface area contributed by atoms with E-state index in [1.807, 2.05) is 24.3 Å².